The lowest BCUT2D eigenvalue weighted by molar-refractivity contribution is 0.715. The summed E-state index contributed by atoms with van der Waals surface area (Å²) < 4.78 is 1.49. The van der Waals surface area contributed by atoms with Crippen LogP contribution in [0.5, 0.6) is 0 Å². The molecule has 0 aromatic carbocycles. The number of aryl methyl sites for hydroxylation is 1. The first-order valence-corrected chi connectivity index (χ1v) is 2.06. The average molecular weight is 108 g/mol. The summed E-state index contributed by atoms with van der Waals surface area (Å²) in [7, 11) is 1.72. The Hall–Kier alpha value is -1.37. The summed E-state index contributed by atoms with van der Waals surface area (Å²) in [6.07, 6.45) is 1.56. The number of hydrogen-bond donors (Lipinski definition) is 0. The fraction of sp³-hybridized carbons (Fsp3) is 0.250. The van der Waals surface area contributed by atoms with Crippen molar-refractivity contribution in [2.45, 2.75) is 0 Å². The molecule has 0 saturated heterocycles. The van der Waals surface area contributed by atoms with Gasteiger partial charge < -0.3 is 4.85 Å². The molecule has 0 bridgehead atoms. The van der Waals surface area contributed by atoms with Crippen molar-refractivity contribution in [2.24, 2.45) is 7.05 Å². The zero-order valence-electron chi connectivity index (χ0n) is 4.37. The van der Waals surface area contributed by atoms with Gasteiger partial charge in [-0.2, -0.15) is 0 Å². The monoisotopic (exact) mass is 108 g/mol. The minimum atomic E-state index is 0.340. The van der Waals surface area contributed by atoms with E-state index in [0.29, 0.717) is 5.82 Å². The Morgan fingerprint density at radius 2 is 2.62 bits per heavy atom. The van der Waals surface area contributed by atoms with Crippen molar-refractivity contribution in [2.75, 3.05) is 0 Å². The summed E-state index contributed by atoms with van der Waals surface area (Å²) in [6, 6.07) is 0. The average Bonchev–Trinajstić information content (AvgIpc) is 2.14. The van der Waals surface area contributed by atoms with Crippen molar-refractivity contribution in [1.82, 2.24) is 15.0 Å². The smallest absolute Gasteiger partial charge is 0.315 e. The maximum absolute atomic E-state index is 6.47. The Kier molecular flexibility index (Phi) is 0.968. The third-order valence-electron chi connectivity index (χ3n) is 0.705. The molecular formula is C4H4N4. The Balaban J connectivity index is 3.05. The summed E-state index contributed by atoms with van der Waals surface area (Å²) in [6.45, 7) is 6.47. The lowest BCUT2D eigenvalue weighted by atomic mass is 10.8. The van der Waals surface area contributed by atoms with Crippen LogP contribution in [0.4, 0.5) is 5.82 Å². The van der Waals surface area contributed by atoms with Crippen molar-refractivity contribution in [3.8, 4) is 0 Å². The Morgan fingerprint density at radius 1 is 1.88 bits per heavy atom. The Morgan fingerprint density at radius 3 is 2.88 bits per heavy atom. The molecule has 0 N–H and O–H groups in total. The van der Waals surface area contributed by atoms with Gasteiger partial charge in [0.05, 0.1) is 6.20 Å². The van der Waals surface area contributed by atoms with Crippen LogP contribution >= 0.6 is 0 Å². The van der Waals surface area contributed by atoms with Crippen LogP contribution in [0.25, 0.3) is 4.85 Å². The van der Waals surface area contributed by atoms with E-state index >= 15 is 0 Å². The summed E-state index contributed by atoms with van der Waals surface area (Å²) >= 11 is 0. The van der Waals surface area contributed by atoms with Crippen LogP contribution in [-0.4, -0.2) is 15.0 Å². The summed E-state index contributed by atoms with van der Waals surface area (Å²) in [4.78, 5) is 3.05. The largest absolute Gasteiger partial charge is 0.358 e. The molecule has 1 aromatic heterocycles. The first-order chi connectivity index (χ1) is 3.83. The normalized spacial score (nSPS) is 8.50. The second-order valence-corrected chi connectivity index (χ2v) is 1.36. The zero-order valence-corrected chi connectivity index (χ0v) is 4.37. The van der Waals surface area contributed by atoms with Gasteiger partial charge in [-0.25, -0.2) is 4.68 Å². The highest BCUT2D eigenvalue weighted by Gasteiger charge is 1.93. The van der Waals surface area contributed by atoms with Gasteiger partial charge in [-0.3, -0.25) is 0 Å². The van der Waals surface area contributed by atoms with Gasteiger partial charge in [0, 0.05) is 17.4 Å². The van der Waals surface area contributed by atoms with Crippen LogP contribution in [0, 0.1) is 6.57 Å². The quantitative estimate of drug-likeness (QED) is 0.450. The number of hydrogen-bond acceptors (Lipinski definition) is 2. The zero-order chi connectivity index (χ0) is 5.98. The Labute approximate surface area is 46.6 Å². The summed E-state index contributed by atoms with van der Waals surface area (Å²) in [5.74, 6) is 0.340. The van der Waals surface area contributed by atoms with Crippen molar-refractivity contribution in [1.29, 1.82) is 0 Å². The van der Waals surface area contributed by atoms with Crippen LogP contribution in [0.3, 0.4) is 0 Å². The van der Waals surface area contributed by atoms with Crippen molar-refractivity contribution in [3.63, 3.8) is 0 Å². The molecule has 0 aliphatic rings. The van der Waals surface area contributed by atoms with Gasteiger partial charge in [0.2, 0.25) is 0 Å². The molecule has 0 fully saturated rings. The molecule has 1 aromatic rings. The van der Waals surface area contributed by atoms with Crippen molar-refractivity contribution < 1.29 is 0 Å². The molecule has 0 saturated carbocycles. The van der Waals surface area contributed by atoms with E-state index in [1.54, 1.807) is 13.2 Å². The predicted molar refractivity (Wildman–Crippen MR) is 27.3 cm³/mol. The van der Waals surface area contributed by atoms with Gasteiger partial charge in [-0.15, -0.1) is 0 Å². The van der Waals surface area contributed by atoms with Gasteiger partial charge in [0.25, 0.3) is 0 Å². The third-order valence-corrected chi connectivity index (χ3v) is 0.705. The number of rotatable bonds is 0. The van der Waals surface area contributed by atoms with Crippen LogP contribution < -0.4 is 0 Å². The highest BCUT2D eigenvalue weighted by Crippen LogP contribution is 2.00. The molecule has 0 unspecified atom stereocenters. The first kappa shape index (κ1) is 4.78. The van der Waals surface area contributed by atoms with E-state index in [9.17, 15) is 0 Å². The van der Waals surface area contributed by atoms with E-state index in [4.69, 9.17) is 6.57 Å². The molecule has 1 heterocycles. The molecule has 40 valence electrons. The minimum Gasteiger partial charge on any atom is -0.358 e. The molecule has 8 heavy (non-hydrogen) atoms. The topological polar surface area (TPSA) is 35.1 Å². The lowest BCUT2D eigenvalue weighted by Gasteiger charge is -1.73. The minimum absolute atomic E-state index is 0.340. The molecular weight excluding hydrogens is 104 g/mol. The highest BCUT2D eigenvalue weighted by atomic mass is 15.4. The first-order valence-electron chi connectivity index (χ1n) is 2.06. The van der Waals surface area contributed by atoms with Gasteiger partial charge in [-0.05, 0) is 0 Å². The molecule has 4 heteroatoms. The molecule has 0 atom stereocenters. The number of nitrogens with zero attached hydrogens (tertiary/aromatic N) is 4. The van der Waals surface area contributed by atoms with Crippen LogP contribution in [0.15, 0.2) is 6.20 Å². The molecule has 0 spiro atoms. The standard InChI is InChI=1S/C4H4N4/c1-5-4-3-8(2)7-6-4/h3H,2H3. The summed E-state index contributed by atoms with van der Waals surface area (Å²) in [5.41, 5.74) is 0. The fourth-order valence-electron chi connectivity index (χ4n) is 0.386. The molecule has 0 radical (unpaired) electrons. The van der Waals surface area contributed by atoms with E-state index in [1.807, 2.05) is 0 Å². The van der Waals surface area contributed by atoms with Crippen molar-refractivity contribution in [3.05, 3.63) is 17.6 Å². The Bertz CT molecular complexity index is 218. The van der Waals surface area contributed by atoms with Crippen molar-refractivity contribution >= 4 is 5.82 Å². The molecule has 0 aliphatic carbocycles. The second kappa shape index (κ2) is 1.62. The third kappa shape index (κ3) is 0.658. The van der Waals surface area contributed by atoms with Gasteiger partial charge in [0.15, 0.2) is 0 Å². The van der Waals surface area contributed by atoms with Gasteiger partial charge >= 0.3 is 5.82 Å². The molecule has 1 rings (SSSR count). The van der Waals surface area contributed by atoms with Crippen LogP contribution in [0.2, 0.25) is 0 Å². The van der Waals surface area contributed by atoms with Crippen LogP contribution in [0.1, 0.15) is 0 Å². The number of aromatic nitrogens is 3. The van der Waals surface area contributed by atoms with E-state index in [2.05, 4.69) is 15.2 Å². The van der Waals surface area contributed by atoms with Gasteiger partial charge in [-0.1, -0.05) is 6.57 Å². The molecule has 0 aliphatic heterocycles. The fourth-order valence-corrected chi connectivity index (χ4v) is 0.386. The lowest BCUT2D eigenvalue weighted by Crippen LogP contribution is -1.85. The van der Waals surface area contributed by atoms with Crippen LogP contribution in [-0.2, 0) is 7.05 Å². The highest BCUT2D eigenvalue weighted by molar-refractivity contribution is 5.29. The maximum Gasteiger partial charge on any atom is 0.315 e. The van der Waals surface area contributed by atoms with E-state index in [-0.39, 0.29) is 0 Å². The van der Waals surface area contributed by atoms with E-state index in [1.165, 1.54) is 4.68 Å². The second-order valence-electron chi connectivity index (χ2n) is 1.36. The summed E-state index contributed by atoms with van der Waals surface area (Å²) in [5, 5.41) is 7.03. The molecule has 0 amide bonds. The van der Waals surface area contributed by atoms with E-state index in [0.717, 1.165) is 0 Å². The SMILES string of the molecule is [C-]#[N+]c1cn(C)nn1. The van der Waals surface area contributed by atoms with E-state index < -0.39 is 0 Å². The molecule has 4 nitrogen and oxygen atoms in total. The predicted octanol–water partition coefficient (Wildman–Crippen LogP) is 0.366. The maximum atomic E-state index is 6.47. The van der Waals surface area contributed by atoms with Gasteiger partial charge in [0.1, 0.15) is 0 Å².